The maximum absolute atomic E-state index is 14.4. The van der Waals surface area contributed by atoms with Crippen LogP contribution in [0.3, 0.4) is 0 Å². The van der Waals surface area contributed by atoms with Crippen LogP contribution in [-0.4, -0.2) is 67.7 Å². The molecule has 0 radical (unpaired) electrons. The predicted molar refractivity (Wildman–Crippen MR) is 89.5 cm³/mol. The SMILES string of the molecule is CC(=O)NCC(O)CN(C(=O)O)c1ccc(N2CCOCC2)c(F)c1. The van der Waals surface area contributed by atoms with Crippen LogP contribution >= 0.6 is 0 Å². The van der Waals surface area contributed by atoms with Crippen LogP contribution in [0, 0.1) is 5.82 Å². The lowest BCUT2D eigenvalue weighted by Crippen LogP contribution is -2.42. The number of hydrogen-bond acceptors (Lipinski definition) is 5. The van der Waals surface area contributed by atoms with E-state index < -0.39 is 18.0 Å². The normalized spacial score (nSPS) is 15.6. The molecular weight excluding hydrogens is 333 g/mol. The summed E-state index contributed by atoms with van der Waals surface area (Å²) in [6, 6.07) is 4.14. The molecule has 0 aliphatic carbocycles. The minimum absolute atomic E-state index is 0.0898. The number of halogens is 1. The van der Waals surface area contributed by atoms with E-state index in [0.29, 0.717) is 32.0 Å². The summed E-state index contributed by atoms with van der Waals surface area (Å²) in [6.07, 6.45) is -2.43. The summed E-state index contributed by atoms with van der Waals surface area (Å²) in [5.74, 6) is -0.871. The van der Waals surface area contributed by atoms with E-state index in [0.717, 1.165) is 11.0 Å². The number of aliphatic hydroxyl groups is 1. The van der Waals surface area contributed by atoms with Crippen molar-refractivity contribution in [2.45, 2.75) is 13.0 Å². The van der Waals surface area contributed by atoms with Gasteiger partial charge in [-0.1, -0.05) is 0 Å². The summed E-state index contributed by atoms with van der Waals surface area (Å²) in [5.41, 5.74) is 0.500. The van der Waals surface area contributed by atoms with Crippen molar-refractivity contribution < 1.29 is 28.9 Å². The lowest BCUT2D eigenvalue weighted by molar-refractivity contribution is -0.119. The Bertz CT molecular complexity index is 622. The fourth-order valence-corrected chi connectivity index (χ4v) is 2.56. The number of rotatable bonds is 6. The second-order valence-electron chi connectivity index (χ2n) is 5.72. The summed E-state index contributed by atoms with van der Waals surface area (Å²) < 4.78 is 19.7. The van der Waals surface area contributed by atoms with Gasteiger partial charge in [-0.3, -0.25) is 9.69 Å². The highest BCUT2D eigenvalue weighted by Crippen LogP contribution is 2.26. The van der Waals surface area contributed by atoms with Crippen molar-refractivity contribution in [3.63, 3.8) is 0 Å². The van der Waals surface area contributed by atoms with Crippen molar-refractivity contribution in [1.82, 2.24) is 5.32 Å². The van der Waals surface area contributed by atoms with Crippen LogP contribution < -0.4 is 15.1 Å². The number of carbonyl (C=O) groups excluding carboxylic acids is 1. The van der Waals surface area contributed by atoms with Crippen LogP contribution in [0.25, 0.3) is 0 Å². The molecule has 3 N–H and O–H groups in total. The van der Waals surface area contributed by atoms with Crippen LogP contribution in [0.5, 0.6) is 0 Å². The molecule has 1 unspecified atom stereocenters. The molecule has 1 aromatic carbocycles. The number of amides is 2. The van der Waals surface area contributed by atoms with Crippen LogP contribution in [0.15, 0.2) is 18.2 Å². The number of carbonyl (C=O) groups is 2. The quantitative estimate of drug-likeness (QED) is 0.692. The Balaban J connectivity index is 2.11. The molecule has 2 amide bonds. The lowest BCUT2D eigenvalue weighted by Gasteiger charge is -2.30. The van der Waals surface area contributed by atoms with Crippen molar-refractivity contribution in [2.75, 3.05) is 49.2 Å². The van der Waals surface area contributed by atoms with E-state index in [1.165, 1.54) is 19.1 Å². The number of nitrogens with zero attached hydrogens (tertiary/aromatic N) is 2. The summed E-state index contributed by atoms with van der Waals surface area (Å²) in [7, 11) is 0. The minimum Gasteiger partial charge on any atom is -0.465 e. The fourth-order valence-electron chi connectivity index (χ4n) is 2.56. The Morgan fingerprint density at radius 1 is 1.40 bits per heavy atom. The molecule has 9 heteroatoms. The monoisotopic (exact) mass is 355 g/mol. The minimum atomic E-state index is -1.32. The largest absolute Gasteiger partial charge is 0.465 e. The van der Waals surface area contributed by atoms with Crippen molar-refractivity contribution in [2.24, 2.45) is 0 Å². The molecule has 8 nitrogen and oxygen atoms in total. The third-order valence-corrected chi connectivity index (χ3v) is 3.81. The van der Waals surface area contributed by atoms with Crippen LogP contribution in [-0.2, 0) is 9.53 Å². The van der Waals surface area contributed by atoms with E-state index in [2.05, 4.69) is 5.32 Å². The number of carboxylic acid groups (broad SMARTS) is 1. The van der Waals surface area contributed by atoms with E-state index in [1.54, 1.807) is 0 Å². The van der Waals surface area contributed by atoms with Gasteiger partial charge in [0.05, 0.1) is 37.2 Å². The first kappa shape index (κ1) is 18.9. The lowest BCUT2D eigenvalue weighted by atomic mass is 10.2. The summed E-state index contributed by atoms with van der Waals surface area (Å²) in [4.78, 5) is 25.0. The molecule has 138 valence electrons. The maximum atomic E-state index is 14.4. The van der Waals surface area contributed by atoms with Crippen molar-refractivity contribution in [3.8, 4) is 0 Å². The van der Waals surface area contributed by atoms with Gasteiger partial charge in [0.1, 0.15) is 5.82 Å². The number of benzene rings is 1. The Morgan fingerprint density at radius 3 is 2.64 bits per heavy atom. The van der Waals surface area contributed by atoms with E-state index >= 15 is 0 Å². The van der Waals surface area contributed by atoms with Gasteiger partial charge in [0, 0.05) is 26.6 Å². The summed E-state index contributed by atoms with van der Waals surface area (Å²) >= 11 is 0. The highest BCUT2D eigenvalue weighted by molar-refractivity contribution is 5.86. The zero-order valence-corrected chi connectivity index (χ0v) is 13.9. The van der Waals surface area contributed by atoms with Crippen molar-refractivity contribution in [1.29, 1.82) is 0 Å². The number of ether oxygens (including phenoxy) is 1. The van der Waals surface area contributed by atoms with Crippen LogP contribution in [0.4, 0.5) is 20.6 Å². The number of hydrogen-bond donors (Lipinski definition) is 3. The molecule has 1 aliphatic rings. The third kappa shape index (κ3) is 5.30. The fraction of sp³-hybridized carbons (Fsp3) is 0.500. The van der Waals surface area contributed by atoms with Gasteiger partial charge in [-0.25, -0.2) is 9.18 Å². The Kier molecular flexibility index (Phi) is 6.54. The number of morpholine rings is 1. The predicted octanol–water partition coefficient (Wildman–Crippen LogP) is 0.644. The first-order valence-electron chi connectivity index (χ1n) is 7.93. The molecule has 25 heavy (non-hydrogen) atoms. The smallest absolute Gasteiger partial charge is 0.411 e. The molecule has 0 saturated carbocycles. The molecule has 0 aromatic heterocycles. The summed E-state index contributed by atoms with van der Waals surface area (Å²) in [5, 5.41) is 21.6. The average Bonchev–Trinajstić information content (AvgIpc) is 2.58. The average molecular weight is 355 g/mol. The van der Waals surface area contributed by atoms with Crippen LogP contribution in [0.2, 0.25) is 0 Å². The molecule has 1 fully saturated rings. The van der Waals surface area contributed by atoms with E-state index in [9.17, 15) is 24.2 Å². The topological polar surface area (TPSA) is 102 Å². The number of nitrogens with one attached hydrogen (secondary N) is 1. The molecule has 0 bridgehead atoms. The molecule has 1 aromatic rings. The standard InChI is InChI=1S/C16H22FN3O5/c1-11(21)18-9-13(22)10-20(16(23)24)12-2-3-15(14(17)8-12)19-4-6-25-7-5-19/h2-3,8,13,22H,4-7,9-10H2,1H3,(H,18,21)(H,23,24). The van der Waals surface area contributed by atoms with Gasteiger partial charge >= 0.3 is 6.09 Å². The second-order valence-corrected chi connectivity index (χ2v) is 5.72. The van der Waals surface area contributed by atoms with Gasteiger partial charge in [0.15, 0.2) is 0 Å². The van der Waals surface area contributed by atoms with Crippen molar-refractivity contribution >= 4 is 23.4 Å². The van der Waals surface area contributed by atoms with Crippen LogP contribution in [0.1, 0.15) is 6.92 Å². The van der Waals surface area contributed by atoms with Gasteiger partial charge in [-0.15, -0.1) is 0 Å². The van der Waals surface area contributed by atoms with Gasteiger partial charge in [-0.05, 0) is 18.2 Å². The number of aliphatic hydroxyl groups excluding tert-OH is 1. The third-order valence-electron chi connectivity index (χ3n) is 3.81. The second kappa shape index (κ2) is 8.63. The van der Waals surface area contributed by atoms with Gasteiger partial charge < -0.3 is 25.2 Å². The molecular formula is C16H22FN3O5. The van der Waals surface area contributed by atoms with Gasteiger partial charge in [0.2, 0.25) is 5.91 Å². The highest BCUT2D eigenvalue weighted by atomic mass is 19.1. The van der Waals surface area contributed by atoms with Crippen molar-refractivity contribution in [3.05, 3.63) is 24.0 Å². The molecule has 0 spiro atoms. The number of anilines is 2. The zero-order chi connectivity index (χ0) is 18.4. The molecule has 2 rings (SSSR count). The van der Waals surface area contributed by atoms with Gasteiger partial charge in [0.25, 0.3) is 0 Å². The maximum Gasteiger partial charge on any atom is 0.411 e. The highest BCUT2D eigenvalue weighted by Gasteiger charge is 2.22. The molecule has 1 atom stereocenters. The Morgan fingerprint density at radius 2 is 2.08 bits per heavy atom. The van der Waals surface area contributed by atoms with Gasteiger partial charge in [-0.2, -0.15) is 0 Å². The Hall–Kier alpha value is -2.39. The summed E-state index contributed by atoms with van der Waals surface area (Å²) in [6.45, 7) is 3.07. The molecule has 1 saturated heterocycles. The Labute approximate surface area is 144 Å². The molecule has 1 heterocycles. The first-order chi connectivity index (χ1) is 11.9. The molecule has 1 aliphatic heterocycles. The van der Waals surface area contributed by atoms with E-state index in [-0.39, 0.29) is 24.7 Å². The first-order valence-corrected chi connectivity index (χ1v) is 7.93. The van der Waals surface area contributed by atoms with E-state index in [1.807, 2.05) is 4.90 Å². The zero-order valence-electron chi connectivity index (χ0n) is 13.9. The van der Waals surface area contributed by atoms with E-state index in [4.69, 9.17) is 4.74 Å².